The summed E-state index contributed by atoms with van der Waals surface area (Å²) in [5.41, 5.74) is 2.10. The SMILES string of the molecule is Cc1ccc(OCC(=O)NCCc2ccc(S(=O)(=O)NC3CCCC3)cc2)cc1. The molecule has 1 saturated carbocycles. The Labute approximate surface area is 172 Å². The summed E-state index contributed by atoms with van der Waals surface area (Å²) in [6.45, 7) is 2.42. The Bertz CT molecular complexity index is 903. The molecule has 156 valence electrons. The highest BCUT2D eigenvalue weighted by Crippen LogP contribution is 2.20. The Hall–Kier alpha value is -2.38. The zero-order valence-electron chi connectivity index (χ0n) is 16.7. The van der Waals surface area contributed by atoms with E-state index in [1.54, 1.807) is 24.3 Å². The molecule has 3 rings (SSSR count). The van der Waals surface area contributed by atoms with Crippen molar-refractivity contribution >= 4 is 15.9 Å². The standard InChI is InChI=1S/C22H28N2O4S/c1-17-6-10-20(11-7-17)28-16-22(25)23-15-14-18-8-12-21(13-9-18)29(26,27)24-19-4-2-3-5-19/h6-13,19,24H,2-5,14-16H2,1H3,(H,23,25). The average Bonchev–Trinajstić information content (AvgIpc) is 3.20. The van der Waals surface area contributed by atoms with E-state index in [1.165, 1.54) is 0 Å². The van der Waals surface area contributed by atoms with Gasteiger partial charge in [-0.2, -0.15) is 0 Å². The summed E-state index contributed by atoms with van der Waals surface area (Å²) < 4.78 is 33.1. The number of rotatable bonds is 9. The Morgan fingerprint density at radius 2 is 1.69 bits per heavy atom. The fourth-order valence-electron chi connectivity index (χ4n) is 3.35. The predicted molar refractivity (Wildman–Crippen MR) is 112 cm³/mol. The van der Waals surface area contributed by atoms with E-state index < -0.39 is 10.0 Å². The number of benzene rings is 2. The van der Waals surface area contributed by atoms with Crippen molar-refractivity contribution in [1.29, 1.82) is 0 Å². The lowest BCUT2D eigenvalue weighted by Gasteiger charge is -2.13. The molecule has 0 spiro atoms. The lowest BCUT2D eigenvalue weighted by molar-refractivity contribution is -0.123. The van der Waals surface area contributed by atoms with Crippen LogP contribution in [0.25, 0.3) is 0 Å². The minimum absolute atomic E-state index is 0.0346. The van der Waals surface area contributed by atoms with Crippen LogP contribution in [0, 0.1) is 6.92 Å². The minimum atomic E-state index is -3.47. The van der Waals surface area contributed by atoms with Gasteiger partial charge in [0.1, 0.15) is 5.75 Å². The number of amides is 1. The van der Waals surface area contributed by atoms with Crippen LogP contribution in [0.15, 0.2) is 53.4 Å². The molecule has 0 unspecified atom stereocenters. The maximum atomic E-state index is 12.4. The van der Waals surface area contributed by atoms with Crippen molar-refractivity contribution in [2.45, 2.75) is 50.0 Å². The van der Waals surface area contributed by atoms with Gasteiger partial charge in [-0.25, -0.2) is 13.1 Å². The molecule has 2 N–H and O–H groups in total. The van der Waals surface area contributed by atoms with Crippen molar-refractivity contribution < 1.29 is 17.9 Å². The smallest absolute Gasteiger partial charge is 0.257 e. The van der Waals surface area contributed by atoms with Gasteiger partial charge in [-0.05, 0) is 56.0 Å². The van der Waals surface area contributed by atoms with Crippen molar-refractivity contribution in [2.24, 2.45) is 0 Å². The summed E-state index contributed by atoms with van der Waals surface area (Å²) in [7, 11) is -3.47. The van der Waals surface area contributed by atoms with Crippen LogP contribution in [0.1, 0.15) is 36.8 Å². The maximum absolute atomic E-state index is 12.4. The first-order valence-electron chi connectivity index (χ1n) is 10.00. The van der Waals surface area contributed by atoms with E-state index in [4.69, 9.17) is 4.74 Å². The third kappa shape index (κ3) is 6.58. The highest BCUT2D eigenvalue weighted by Gasteiger charge is 2.22. The normalized spacial score (nSPS) is 14.7. The molecule has 6 nitrogen and oxygen atoms in total. The Balaban J connectivity index is 1.41. The van der Waals surface area contributed by atoms with Crippen LogP contribution in [0.4, 0.5) is 0 Å². The van der Waals surface area contributed by atoms with E-state index in [0.717, 1.165) is 36.8 Å². The van der Waals surface area contributed by atoms with Crippen LogP contribution in [0.2, 0.25) is 0 Å². The first-order valence-corrected chi connectivity index (χ1v) is 11.5. The summed E-state index contributed by atoms with van der Waals surface area (Å²) in [5.74, 6) is 0.472. The zero-order chi connectivity index (χ0) is 20.7. The molecule has 1 aliphatic carbocycles. The predicted octanol–water partition coefficient (Wildman–Crippen LogP) is 2.95. The third-order valence-corrected chi connectivity index (χ3v) is 6.57. The zero-order valence-corrected chi connectivity index (χ0v) is 17.5. The molecular formula is C22H28N2O4S. The molecule has 7 heteroatoms. The van der Waals surface area contributed by atoms with Crippen LogP contribution in [-0.4, -0.2) is 33.5 Å². The number of hydrogen-bond donors (Lipinski definition) is 2. The van der Waals surface area contributed by atoms with Gasteiger partial charge in [0.25, 0.3) is 5.91 Å². The monoisotopic (exact) mass is 416 g/mol. The topological polar surface area (TPSA) is 84.5 Å². The summed E-state index contributed by atoms with van der Waals surface area (Å²) in [6, 6.07) is 14.4. The number of nitrogens with one attached hydrogen (secondary N) is 2. The van der Waals surface area contributed by atoms with E-state index in [2.05, 4.69) is 10.0 Å². The summed E-state index contributed by atoms with van der Waals surface area (Å²) >= 11 is 0. The Kier molecular flexibility index (Phi) is 7.28. The number of aryl methyl sites for hydroxylation is 1. The van der Waals surface area contributed by atoms with Crippen LogP contribution in [-0.2, 0) is 21.2 Å². The average molecular weight is 417 g/mol. The first kappa shape index (κ1) is 21.3. The quantitative estimate of drug-likeness (QED) is 0.658. The van der Waals surface area contributed by atoms with E-state index in [-0.39, 0.29) is 23.5 Å². The summed E-state index contributed by atoms with van der Waals surface area (Å²) in [5, 5.41) is 2.81. The lowest BCUT2D eigenvalue weighted by atomic mass is 10.1. The molecule has 1 amide bonds. The number of carbonyl (C=O) groups excluding carboxylic acids is 1. The van der Waals surface area contributed by atoms with Gasteiger partial charge in [0, 0.05) is 12.6 Å². The fourth-order valence-corrected chi connectivity index (χ4v) is 4.65. The van der Waals surface area contributed by atoms with Crippen molar-refractivity contribution in [3.05, 3.63) is 59.7 Å². The number of hydrogen-bond acceptors (Lipinski definition) is 4. The lowest BCUT2D eigenvalue weighted by Crippen LogP contribution is -2.32. The van der Waals surface area contributed by atoms with Crippen LogP contribution in [0.5, 0.6) is 5.75 Å². The van der Waals surface area contributed by atoms with Gasteiger partial charge in [0.2, 0.25) is 10.0 Å². The van der Waals surface area contributed by atoms with Crippen LogP contribution >= 0.6 is 0 Å². The molecule has 0 radical (unpaired) electrons. The molecule has 1 aliphatic rings. The van der Waals surface area contributed by atoms with Gasteiger partial charge in [0.15, 0.2) is 6.61 Å². The molecule has 2 aromatic rings. The number of ether oxygens (including phenoxy) is 1. The Morgan fingerprint density at radius 1 is 1.03 bits per heavy atom. The van der Waals surface area contributed by atoms with Gasteiger partial charge < -0.3 is 10.1 Å². The molecule has 0 aliphatic heterocycles. The van der Waals surface area contributed by atoms with E-state index in [0.29, 0.717) is 18.7 Å². The molecule has 0 heterocycles. The first-order chi connectivity index (χ1) is 13.9. The number of sulfonamides is 1. The van der Waals surface area contributed by atoms with Crippen molar-refractivity contribution in [2.75, 3.05) is 13.2 Å². The summed E-state index contributed by atoms with van der Waals surface area (Å²) in [4.78, 5) is 12.2. The molecular weight excluding hydrogens is 388 g/mol. The fraction of sp³-hybridized carbons (Fsp3) is 0.409. The maximum Gasteiger partial charge on any atom is 0.257 e. The van der Waals surface area contributed by atoms with Gasteiger partial charge >= 0.3 is 0 Å². The van der Waals surface area contributed by atoms with Crippen molar-refractivity contribution in [1.82, 2.24) is 10.0 Å². The second kappa shape index (κ2) is 9.89. The minimum Gasteiger partial charge on any atom is -0.484 e. The highest BCUT2D eigenvalue weighted by molar-refractivity contribution is 7.89. The second-order valence-electron chi connectivity index (χ2n) is 7.45. The summed E-state index contributed by atoms with van der Waals surface area (Å²) in [6.07, 6.45) is 4.59. The van der Waals surface area contributed by atoms with Crippen molar-refractivity contribution in [3.8, 4) is 5.75 Å². The molecule has 2 aromatic carbocycles. The molecule has 0 saturated heterocycles. The second-order valence-corrected chi connectivity index (χ2v) is 9.16. The third-order valence-electron chi connectivity index (χ3n) is 5.04. The molecule has 0 aromatic heterocycles. The number of carbonyl (C=O) groups is 1. The van der Waals surface area contributed by atoms with E-state index >= 15 is 0 Å². The van der Waals surface area contributed by atoms with E-state index in [1.807, 2.05) is 31.2 Å². The molecule has 29 heavy (non-hydrogen) atoms. The van der Waals surface area contributed by atoms with Gasteiger partial charge in [-0.1, -0.05) is 42.7 Å². The highest BCUT2D eigenvalue weighted by atomic mass is 32.2. The molecule has 0 bridgehead atoms. The van der Waals surface area contributed by atoms with Crippen LogP contribution in [0.3, 0.4) is 0 Å². The van der Waals surface area contributed by atoms with Crippen LogP contribution < -0.4 is 14.8 Å². The largest absolute Gasteiger partial charge is 0.484 e. The molecule has 0 atom stereocenters. The van der Waals surface area contributed by atoms with Gasteiger partial charge in [0.05, 0.1) is 4.90 Å². The van der Waals surface area contributed by atoms with E-state index in [9.17, 15) is 13.2 Å². The van der Waals surface area contributed by atoms with Gasteiger partial charge in [-0.3, -0.25) is 4.79 Å². The molecule has 1 fully saturated rings. The Morgan fingerprint density at radius 3 is 2.34 bits per heavy atom. The van der Waals surface area contributed by atoms with Gasteiger partial charge in [-0.15, -0.1) is 0 Å². The van der Waals surface area contributed by atoms with Crippen molar-refractivity contribution in [3.63, 3.8) is 0 Å².